The molecule has 2 aromatic carbocycles. The molecule has 106 valence electrons. The molecule has 3 aromatic rings. The number of carbonyl (C=O) groups is 1. The van der Waals surface area contributed by atoms with Gasteiger partial charge in [0, 0.05) is 10.5 Å². The molecule has 1 heterocycles. The maximum Gasteiger partial charge on any atom is 0.337 e. The summed E-state index contributed by atoms with van der Waals surface area (Å²) in [4.78, 5) is 15.7. The van der Waals surface area contributed by atoms with E-state index in [-0.39, 0.29) is 5.56 Å². The number of nitrogens with zero attached hydrogens (tertiary/aromatic N) is 2. The van der Waals surface area contributed by atoms with E-state index in [9.17, 15) is 9.90 Å². The molecule has 1 aromatic heterocycles. The van der Waals surface area contributed by atoms with Gasteiger partial charge in [-0.15, -0.1) is 0 Å². The number of hydrogen-bond acceptors (Lipinski definition) is 3. The van der Waals surface area contributed by atoms with Gasteiger partial charge in [-0.05, 0) is 24.3 Å². The number of benzene rings is 2. The summed E-state index contributed by atoms with van der Waals surface area (Å²) in [5.74, 6) is -0.307. The lowest BCUT2D eigenvalue weighted by atomic mass is 10.1. The van der Waals surface area contributed by atoms with E-state index >= 15 is 0 Å². The fourth-order valence-corrected chi connectivity index (χ4v) is 2.70. The lowest BCUT2D eigenvalue weighted by Crippen LogP contribution is -2.02. The van der Waals surface area contributed by atoms with Gasteiger partial charge in [0.25, 0.3) is 0 Å². The van der Waals surface area contributed by atoms with Crippen LogP contribution >= 0.6 is 15.9 Å². The third-order valence-corrected chi connectivity index (χ3v) is 3.63. The van der Waals surface area contributed by atoms with Crippen molar-refractivity contribution in [3.05, 3.63) is 52.8 Å². The number of carboxylic acids is 1. The van der Waals surface area contributed by atoms with Crippen molar-refractivity contribution < 1.29 is 14.6 Å². The van der Waals surface area contributed by atoms with Crippen LogP contribution in [0.15, 0.2) is 47.2 Å². The second-order valence-electron chi connectivity index (χ2n) is 4.44. The van der Waals surface area contributed by atoms with Gasteiger partial charge in [0.1, 0.15) is 12.1 Å². The van der Waals surface area contributed by atoms with Crippen molar-refractivity contribution in [3.8, 4) is 11.4 Å². The number of fused-ring (bicyclic) bond motifs is 1. The number of ether oxygens (including phenoxy) is 1. The van der Waals surface area contributed by atoms with Gasteiger partial charge in [-0.1, -0.05) is 22.0 Å². The number of para-hydroxylation sites is 1. The number of methoxy groups -OCH3 is 1. The van der Waals surface area contributed by atoms with E-state index in [0.717, 1.165) is 10.2 Å². The summed E-state index contributed by atoms with van der Waals surface area (Å²) in [7, 11) is 1.58. The second kappa shape index (κ2) is 5.21. The molecule has 3 rings (SSSR count). The van der Waals surface area contributed by atoms with Crippen LogP contribution in [0.3, 0.4) is 0 Å². The van der Waals surface area contributed by atoms with Crippen LogP contribution in [0.1, 0.15) is 10.4 Å². The Hall–Kier alpha value is -2.34. The maximum atomic E-state index is 11.4. The number of imidazole rings is 1. The largest absolute Gasteiger partial charge is 0.497 e. The van der Waals surface area contributed by atoms with Crippen molar-refractivity contribution in [1.82, 2.24) is 9.55 Å². The molecule has 0 radical (unpaired) electrons. The molecule has 0 bridgehead atoms. The Morgan fingerprint density at radius 1 is 1.33 bits per heavy atom. The predicted molar refractivity (Wildman–Crippen MR) is 82.3 cm³/mol. The normalized spacial score (nSPS) is 10.8. The van der Waals surface area contributed by atoms with Crippen molar-refractivity contribution in [2.45, 2.75) is 0 Å². The number of carboxylic acid groups (broad SMARTS) is 1. The highest BCUT2D eigenvalue weighted by Crippen LogP contribution is 2.27. The molecule has 0 spiro atoms. The zero-order valence-corrected chi connectivity index (χ0v) is 12.7. The SMILES string of the molecule is COc1cc(Br)cc(-n2cnc3cccc(C(=O)O)c32)c1. The Labute approximate surface area is 128 Å². The molecule has 0 atom stereocenters. The summed E-state index contributed by atoms with van der Waals surface area (Å²) in [6.07, 6.45) is 1.61. The van der Waals surface area contributed by atoms with Gasteiger partial charge in [0.15, 0.2) is 0 Å². The zero-order valence-electron chi connectivity index (χ0n) is 11.1. The summed E-state index contributed by atoms with van der Waals surface area (Å²) in [6, 6.07) is 10.6. The molecular weight excluding hydrogens is 336 g/mol. The van der Waals surface area contributed by atoms with Gasteiger partial charge in [-0.25, -0.2) is 9.78 Å². The molecule has 0 aliphatic heterocycles. The average Bonchev–Trinajstić information content (AvgIpc) is 2.90. The van der Waals surface area contributed by atoms with E-state index in [0.29, 0.717) is 16.8 Å². The van der Waals surface area contributed by atoms with Crippen molar-refractivity contribution in [1.29, 1.82) is 0 Å². The first-order chi connectivity index (χ1) is 10.1. The van der Waals surface area contributed by atoms with Gasteiger partial charge in [0.2, 0.25) is 0 Å². The summed E-state index contributed by atoms with van der Waals surface area (Å²) in [5, 5.41) is 9.35. The lowest BCUT2D eigenvalue weighted by Gasteiger charge is -2.09. The monoisotopic (exact) mass is 346 g/mol. The average molecular weight is 347 g/mol. The van der Waals surface area contributed by atoms with E-state index in [1.54, 1.807) is 36.2 Å². The fraction of sp³-hybridized carbons (Fsp3) is 0.0667. The highest BCUT2D eigenvalue weighted by atomic mass is 79.9. The minimum Gasteiger partial charge on any atom is -0.497 e. The smallest absolute Gasteiger partial charge is 0.337 e. The zero-order chi connectivity index (χ0) is 15.0. The van der Waals surface area contributed by atoms with Crippen LogP contribution in [0.5, 0.6) is 5.75 Å². The molecule has 6 heteroatoms. The molecular formula is C15H11BrN2O3. The van der Waals surface area contributed by atoms with Crippen LogP contribution in [0.4, 0.5) is 0 Å². The van der Waals surface area contributed by atoms with Crippen LogP contribution < -0.4 is 4.74 Å². The predicted octanol–water partition coefficient (Wildman–Crippen LogP) is 3.49. The number of rotatable bonds is 3. The molecule has 21 heavy (non-hydrogen) atoms. The molecule has 1 N–H and O–H groups in total. The summed E-state index contributed by atoms with van der Waals surface area (Å²) >= 11 is 3.42. The molecule has 0 amide bonds. The molecule has 0 unspecified atom stereocenters. The van der Waals surface area contributed by atoms with Crippen molar-refractivity contribution in [2.24, 2.45) is 0 Å². The van der Waals surface area contributed by atoms with Crippen LogP contribution in [-0.4, -0.2) is 27.7 Å². The molecule has 0 saturated heterocycles. The minimum absolute atomic E-state index is 0.212. The third-order valence-electron chi connectivity index (χ3n) is 3.17. The lowest BCUT2D eigenvalue weighted by molar-refractivity contribution is 0.0698. The Bertz CT molecular complexity index is 842. The number of halogens is 1. The van der Waals surface area contributed by atoms with Crippen molar-refractivity contribution >= 4 is 32.9 Å². The van der Waals surface area contributed by atoms with Crippen LogP contribution in [-0.2, 0) is 0 Å². The second-order valence-corrected chi connectivity index (χ2v) is 5.36. The summed E-state index contributed by atoms with van der Waals surface area (Å²) in [6.45, 7) is 0. The van der Waals surface area contributed by atoms with Crippen molar-refractivity contribution in [2.75, 3.05) is 7.11 Å². The molecule has 0 fully saturated rings. The van der Waals surface area contributed by atoms with Gasteiger partial charge in [0.05, 0.1) is 29.4 Å². The maximum absolute atomic E-state index is 11.4. The van der Waals surface area contributed by atoms with Crippen LogP contribution in [0.25, 0.3) is 16.7 Å². The minimum atomic E-state index is -0.982. The van der Waals surface area contributed by atoms with Crippen LogP contribution in [0.2, 0.25) is 0 Å². The topological polar surface area (TPSA) is 64.4 Å². The Balaban J connectivity index is 2.30. The Morgan fingerprint density at radius 3 is 2.86 bits per heavy atom. The summed E-state index contributed by atoms with van der Waals surface area (Å²) in [5.41, 5.74) is 2.18. The number of hydrogen-bond donors (Lipinski definition) is 1. The van der Waals surface area contributed by atoms with E-state index in [4.69, 9.17) is 4.74 Å². The molecule has 0 aliphatic rings. The summed E-state index contributed by atoms with van der Waals surface area (Å²) < 4.78 is 7.82. The molecule has 0 aliphatic carbocycles. The van der Waals surface area contributed by atoms with Crippen molar-refractivity contribution in [3.63, 3.8) is 0 Å². The molecule has 5 nitrogen and oxygen atoms in total. The number of aromatic nitrogens is 2. The van der Waals surface area contributed by atoms with E-state index < -0.39 is 5.97 Å². The Kier molecular flexibility index (Phi) is 3.39. The van der Waals surface area contributed by atoms with Gasteiger partial charge in [-0.2, -0.15) is 0 Å². The van der Waals surface area contributed by atoms with E-state index in [1.807, 2.05) is 18.2 Å². The third kappa shape index (κ3) is 2.38. The van der Waals surface area contributed by atoms with Crippen LogP contribution in [0, 0.1) is 0 Å². The van der Waals surface area contributed by atoms with Gasteiger partial charge in [-0.3, -0.25) is 4.57 Å². The van der Waals surface area contributed by atoms with E-state index in [2.05, 4.69) is 20.9 Å². The first-order valence-electron chi connectivity index (χ1n) is 6.14. The standard InChI is InChI=1S/C15H11BrN2O3/c1-21-11-6-9(16)5-10(7-11)18-8-17-13-4-2-3-12(14(13)18)15(19)20/h2-8H,1H3,(H,19,20). The fourth-order valence-electron chi connectivity index (χ4n) is 2.24. The Morgan fingerprint density at radius 2 is 2.14 bits per heavy atom. The van der Waals surface area contributed by atoms with Gasteiger partial charge >= 0.3 is 5.97 Å². The highest BCUT2D eigenvalue weighted by molar-refractivity contribution is 9.10. The quantitative estimate of drug-likeness (QED) is 0.788. The molecule has 0 saturated carbocycles. The van der Waals surface area contributed by atoms with E-state index in [1.165, 1.54) is 0 Å². The number of aromatic carboxylic acids is 1. The highest BCUT2D eigenvalue weighted by Gasteiger charge is 2.14. The first kappa shape index (κ1) is 13.6. The van der Waals surface area contributed by atoms with Gasteiger partial charge < -0.3 is 9.84 Å². The first-order valence-corrected chi connectivity index (χ1v) is 6.94.